The molecule has 34 heavy (non-hydrogen) atoms. The molecule has 1 saturated heterocycles. The zero-order valence-corrected chi connectivity index (χ0v) is 20.9. The molecule has 8 heteroatoms. The average molecular weight is 496 g/mol. The highest BCUT2D eigenvalue weighted by Gasteiger charge is 2.54. The molecular formula is C26H26ClN3O3S. The molecule has 3 aromatic rings. The van der Waals surface area contributed by atoms with Crippen molar-refractivity contribution in [2.45, 2.75) is 38.8 Å². The van der Waals surface area contributed by atoms with E-state index in [9.17, 15) is 9.59 Å². The molecule has 1 aliphatic heterocycles. The molecule has 2 heterocycles. The van der Waals surface area contributed by atoms with Crippen LogP contribution in [-0.4, -0.2) is 47.4 Å². The molecule has 6 nitrogen and oxygen atoms in total. The van der Waals surface area contributed by atoms with Gasteiger partial charge in [0, 0.05) is 17.6 Å². The number of nitrogens with zero attached hydrogens (tertiary/aromatic N) is 2. The Morgan fingerprint density at radius 2 is 2.03 bits per heavy atom. The summed E-state index contributed by atoms with van der Waals surface area (Å²) in [6, 6.07) is 13.3. The highest BCUT2D eigenvalue weighted by atomic mass is 35.5. The van der Waals surface area contributed by atoms with Crippen LogP contribution in [0.15, 0.2) is 42.5 Å². The number of amides is 2. The van der Waals surface area contributed by atoms with Gasteiger partial charge in [-0.05, 0) is 56.4 Å². The summed E-state index contributed by atoms with van der Waals surface area (Å²) in [4.78, 5) is 34.1. The molecule has 1 N–H and O–H groups in total. The van der Waals surface area contributed by atoms with Crippen LogP contribution in [0.25, 0.3) is 10.4 Å². The van der Waals surface area contributed by atoms with Crippen LogP contribution in [0.3, 0.4) is 0 Å². The molecule has 2 fully saturated rings. The topological polar surface area (TPSA) is 71.5 Å². The monoisotopic (exact) mass is 495 g/mol. The van der Waals surface area contributed by atoms with Gasteiger partial charge in [0.15, 0.2) is 0 Å². The molecule has 1 aliphatic carbocycles. The maximum Gasteiger partial charge on any atom is 0.274 e. The number of piperidine rings is 1. The van der Waals surface area contributed by atoms with E-state index < -0.39 is 0 Å². The summed E-state index contributed by atoms with van der Waals surface area (Å²) in [5.74, 6) is 0.631. The first-order valence-electron chi connectivity index (χ1n) is 11.3. The number of thiazole rings is 1. The van der Waals surface area contributed by atoms with Crippen LogP contribution < -0.4 is 10.1 Å². The van der Waals surface area contributed by atoms with E-state index in [0.717, 1.165) is 33.9 Å². The van der Waals surface area contributed by atoms with Crippen molar-refractivity contribution in [2.24, 2.45) is 5.92 Å². The highest BCUT2D eigenvalue weighted by molar-refractivity contribution is 7.15. The van der Waals surface area contributed by atoms with Crippen molar-refractivity contribution in [1.82, 2.24) is 15.2 Å². The van der Waals surface area contributed by atoms with Crippen LogP contribution in [-0.2, 0) is 0 Å². The van der Waals surface area contributed by atoms with E-state index in [1.807, 2.05) is 36.9 Å². The van der Waals surface area contributed by atoms with E-state index in [1.165, 1.54) is 7.11 Å². The van der Waals surface area contributed by atoms with E-state index in [2.05, 4.69) is 16.4 Å². The van der Waals surface area contributed by atoms with Crippen LogP contribution in [0.1, 0.15) is 44.3 Å². The van der Waals surface area contributed by atoms with E-state index >= 15 is 0 Å². The summed E-state index contributed by atoms with van der Waals surface area (Å²) in [6.45, 7) is 4.36. The number of carbonyl (C=O) groups excluding carboxylic acids is 2. The number of hydrogen-bond donors (Lipinski definition) is 1. The van der Waals surface area contributed by atoms with Crippen LogP contribution >= 0.6 is 22.9 Å². The smallest absolute Gasteiger partial charge is 0.274 e. The normalized spacial score (nSPS) is 20.7. The van der Waals surface area contributed by atoms with Crippen molar-refractivity contribution >= 4 is 34.8 Å². The van der Waals surface area contributed by atoms with Gasteiger partial charge in [0.1, 0.15) is 11.4 Å². The second-order valence-electron chi connectivity index (χ2n) is 9.00. The molecule has 0 unspecified atom stereocenters. The Hall–Kier alpha value is -2.90. The Kier molecular flexibility index (Phi) is 6.08. The van der Waals surface area contributed by atoms with Crippen molar-refractivity contribution in [2.75, 3.05) is 13.7 Å². The minimum Gasteiger partial charge on any atom is -0.496 e. The van der Waals surface area contributed by atoms with Crippen LogP contribution in [0.4, 0.5) is 0 Å². The number of ether oxygens (including phenoxy) is 1. The summed E-state index contributed by atoms with van der Waals surface area (Å²) < 4.78 is 5.31. The summed E-state index contributed by atoms with van der Waals surface area (Å²) in [5, 5.41) is 4.37. The SMILES string of the molecule is COc1cc(Cl)ccc1C(=O)NC[C@@H]1C[C@@H]2C[C@@H]2N1C(=O)c1nc(C)sc1-c1cccc(C)c1. The number of rotatable bonds is 6. The summed E-state index contributed by atoms with van der Waals surface area (Å²) in [6.07, 6.45) is 1.90. The first kappa shape index (κ1) is 22.9. The van der Waals surface area contributed by atoms with Crippen molar-refractivity contribution in [3.63, 3.8) is 0 Å². The number of aryl methyl sites for hydroxylation is 2. The van der Waals surface area contributed by atoms with Crippen LogP contribution in [0.2, 0.25) is 5.02 Å². The van der Waals surface area contributed by atoms with Crippen molar-refractivity contribution < 1.29 is 14.3 Å². The second-order valence-corrected chi connectivity index (χ2v) is 10.6. The van der Waals surface area contributed by atoms with Gasteiger partial charge in [-0.2, -0.15) is 0 Å². The van der Waals surface area contributed by atoms with E-state index in [-0.39, 0.29) is 23.9 Å². The van der Waals surface area contributed by atoms with Gasteiger partial charge in [0.05, 0.1) is 28.6 Å². The lowest BCUT2D eigenvalue weighted by molar-refractivity contribution is 0.0684. The average Bonchev–Trinajstić information content (AvgIpc) is 3.30. The predicted octanol–water partition coefficient (Wildman–Crippen LogP) is 5.12. The van der Waals surface area contributed by atoms with Gasteiger partial charge >= 0.3 is 0 Å². The first-order valence-corrected chi connectivity index (χ1v) is 12.5. The molecule has 2 amide bonds. The zero-order chi connectivity index (χ0) is 24.0. The molecule has 0 bridgehead atoms. The predicted molar refractivity (Wildman–Crippen MR) is 134 cm³/mol. The number of carbonyl (C=O) groups is 2. The molecule has 2 aliphatic rings. The molecule has 0 radical (unpaired) electrons. The Balaban J connectivity index is 1.35. The maximum absolute atomic E-state index is 13.8. The molecule has 3 atom stereocenters. The first-order chi connectivity index (χ1) is 16.4. The Morgan fingerprint density at radius 3 is 2.79 bits per heavy atom. The Labute approximate surface area is 207 Å². The number of benzene rings is 2. The Morgan fingerprint density at radius 1 is 1.21 bits per heavy atom. The van der Waals surface area contributed by atoms with Gasteiger partial charge in [0.2, 0.25) is 0 Å². The van der Waals surface area contributed by atoms with Gasteiger partial charge in [-0.25, -0.2) is 4.98 Å². The number of hydrogen-bond acceptors (Lipinski definition) is 5. The lowest BCUT2D eigenvalue weighted by Gasteiger charge is -2.27. The third-order valence-electron chi connectivity index (χ3n) is 6.57. The minimum atomic E-state index is -0.244. The quantitative estimate of drug-likeness (QED) is 0.515. The van der Waals surface area contributed by atoms with E-state index in [4.69, 9.17) is 16.3 Å². The number of methoxy groups -OCH3 is 1. The fourth-order valence-corrected chi connectivity index (χ4v) is 5.96. The molecular weight excluding hydrogens is 470 g/mol. The molecule has 5 rings (SSSR count). The van der Waals surface area contributed by atoms with E-state index in [1.54, 1.807) is 29.5 Å². The van der Waals surface area contributed by atoms with Gasteiger partial charge in [-0.1, -0.05) is 41.4 Å². The second kappa shape index (κ2) is 9.04. The van der Waals surface area contributed by atoms with E-state index in [0.29, 0.717) is 34.5 Å². The minimum absolute atomic E-state index is 0.0471. The third kappa shape index (κ3) is 4.30. The molecule has 2 aromatic carbocycles. The third-order valence-corrected chi connectivity index (χ3v) is 7.82. The lowest BCUT2D eigenvalue weighted by atomic mass is 10.1. The summed E-state index contributed by atoms with van der Waals surface area (Å²) >= 11 is 7.57. The molecule has 1 aromatic heterocycles. The number of fused-ring (bicyclic) bond motifs is 1. The van der Waals surface area contributed by atoms with Gasteiger partial charge in [0.25, 0.3) is 11.8 Å². The molecule has 176 valence electrons. The van der Waals surface area contributed by atoms with Crippen molar-refractivity contribution in [3.05, 3.63) is 69.3 Å². The maximum atomic E-state index is 13.8. The number of aromatic nitrogens is 1. The number of halogens is 1. The van der Waals surface area contributed by atoms with Crippen LogP contribution in [0, 0.1) is 19.8 Å². The Bertz CT molecular complexity index is 1270. The summed E-state index contributed by atoms with van der Waals surface area (Å²) in [7, 11) is 1.51. The fraction of sp³-hybridized carbons (Fsp3) is 0.346. The number of nitrogens with one attached hydrogen (secondary N) is 1. The molecule has 1 saturated carbocycles. The van der Waals surface area contributed by atoms with Crippen LogP contribution in [0.5, 0.6) is 5.75 Å². The standard InChI is InChI=1S/C26H26ClN3O3S/c1-14-5-4-6-16(9-14)24-23(29-15(2)34-24)26(32)30-19(10-17-11-21(17)30)13-28-25(31)20-8-7-18(27)12-22(20)33-3/h4-9,12,17,19,21H,10-11,13H2,1-3H3,(H,28,31)/t17-,19+,21+/m1/s1. The number of likely N-dealkylation sites (tertiary alicyclic amines) is 1. The fourth-order valence-electron chi connectivity index (χ4n) is 4.89. The highest BCUT2D eigenvalue weighted by Crippen LogP contribution is 2.48. The summed E-state index contributed by atoms with van der Waals surface area (Å²) in [5.41, 5.74) is 3.09. The zero-order valence-electron chi connectivity index (χ0n) is 19.3. The van der Waals surface area contributed by atoms with Gasteiger partial charge < -0.3 is 15.0 Å². The van der Waals surface area contributed by atoms with Gasteiger partial charge in [-0.15, -0.1) is 11.3 Å². The van der Waals surface area contributed by atoms with Gasteiger partial charge in [-0.3, -0.25) is 9.59 Å². The largest absolute Gasteiger partial charge is 0.496 e. The van der Waals surface area contributed by atoms with Crippen molar-refractivity contribution in [1.29, 1.82) is 0 Å². The molecule has 0 spiro atoms. The van der Waals surface area contributed by atoms with Crippen molar-refractivity contribution in [3.8, 4) is 16.2 Å². The lowest BCUT2D eigenvalue weighted by Crippen LogP contribution is -2.45.